The van der Waals surface area contributed by atoms with E-state index in [2.05, 4.69) is 0 Å². The first-order valence-electron chi connectivity index (χ1n) is 5.86. The van der Waals surface area contributed by atoms with Crippen LogP contribution >= 0.6 is 0 Å². The fraction of sp³-hybridized carbons (Fsp3) is 0.818. The molecule has 0 aromatic heterocycles. The molecule has 1 heterocycles. The Labute approximate surface area is 101 Å². The molecule has 1 aliphatic rings. The Morgan fingerprint density at radius 1 is 1.59 bits per heavy atom. The van der Waals surface area contributed by atoms with Crippen LogP contribution in [0.2, 0.25) is 0 Å². The van der Waals surface area contributed by atoms with E-state index in [1.807, 2.05) is 6.92 Å². The summed E-state index contributed by atoms with van der Waals surface area (Å²) in [5.74, 6) is -0.715. The van der Waals surface area contributed by atoms with Crippen LogP contribution in [-0.2, 0) is 14.3 Å². The molecule has 17 heavy (non-hydrogen) atoms. The standard InChI is InChI=1S/C11H20N2O4/c1-8(6-12)2-3-10(14)13-4-5-17-9(7-13)11(15)16/h8-9H,2-7,12H2,1H3,(H,15,16). The van der Waals surface area contributed by atoms with E-state index in [-0.39, 0.29) is 19.1 Å². The van der Waals surface area contributed by atoms with Crippen molar-refractivity contribution in [2.45, 2.75) is 25.9 Å². The predicted molar refractivity (Wildman–Crippen MR) is 61.4 cm³/mol. The maximum absolute atomic E-state index is 11.8. The minimum atomic E-state index is -1.02. The quantitative estimate of drug-likeness (QED) is 0.691. The summed E-state index contributed by atoms with van der Waals surface area (Å²) in [5, 5.41) is 8.81. The molecule has 98 valence electrons. The zero-order valence-corrected chi connectivity index (χ0v) is 10.1. The Hall–Kier alpha value is -1.14. The maximum atomic E-state index is 11.8. The van der Waals surface area contributed by atoms with Crippen molar-refractivity contribution < 1.29 is 19.4 Å². The summed E-state index contributed by atoms with van der Waals surface area (Å²) in [5.41, 5.74) is 5.48. The van der Waals surface area contributed by atoms with Crippen LogP contribution in [-0.4, -0.2) is 54.2 Å². The maximum Gasteiger partial charge on any atom is 0.334 e. The first-order valence-corrected chi connectivity index (χ1v) is 5.86. The Kier molecular flexibility index (Phi) is 5.37. The molecular weight excluding hydrogens is 224 g/mol. The number of carbonyl (C=O) groups excluding carboxylic acids is 1. The van der Waals surface area contributed by atoms with Gasteiger partial charge in [0.2, 0.25) is 5.91 Å². The van der Waals surface area contributed by atoms with Gasteiger partial charge >= 0.3 is 5.97 Å². The molecule has 6 nitrogen and oxygen atoms in total. The van der Waals surface area contributed by atoms with E-state index in [4.69, 9.17) is 15.6 Å². The summed E-state index contributed by atoms with van der Waals surface area (Å²) in [4.78, 5) is 24.1. The van der Waals surface area contributed by atoms with Crippen molar-refractivity contribution in [1.29, 1.82) is 0 Å². The Morgan fingerprint density at radius 3 is 2.88 bits per heavy atom. The van der Waals surface area contributed by atoms with Crippen LogP contribution in [0.4, 0.5) is 0 Å². The summed E-state index contributed by atoms with van der Waals surface area (Å²) in [6, 6.07) is 0. The third kappa shape index (κ3) is 4.32. The normalized spacial score (nSPS) is 22.2. The molecule has 2 atom stereocenters. The predicted octanol–water partition coefficient (Wildman–Crippen LogP) is -0.327. The molecule has 1 aliphatic heterocycles. The van der Waals surface area contributed by atoms with Crippen LogP contribution in [0.3, 0.4) is 0 Å². The lowest BCUT2D eigenvalue weighted by Crippen LogP contribution is -2.48. The van der Waals surface area contributed by atoms with Crippen molar-refractivity contribution in [3.05, 3.63) is 0 Å². The molecule has 1 fully saturated rings. The van der Waals surface area contributed by atoms with Gasteiger partial charge in [0.05, 0.1) is 13.2 Å². The zero-order chi connectivity index (χ0) is 12.8. The van der Waals surface area contributed by atoms with Crippen LogP contribution in [0.1, 0.15) is 19.8 Å². The fourth-order valence-electron chi connectivity index (χ4n) is 1.67. The smallest absolute Gasteiger partial charge is 0.334 e. The van der Waals surface area contributed by atoms with E-state index >= 15 is 0 Å². The number of rotatable bonds is 5. The van der Waals surface area contributed by atoms with Crippen molar-refractivity contribution in [2.75, 3.05) is 26.2 Å². The summed E-state index contributed by atoms with van der Waals surface area (Å²) in [7, 11) is 0. The van der Waals surface area contributed by atoms with Gasteiger partial charge in [0.25, 0.3) is 0 Å². The van der Waals surface area contributed by atoms with E-state index in [0.717, 1.165) is 6.42 Å². The topological polar surface area (TPSA) is 92.9 Å². The number of amides is 1. The number of nitrogens with two attached hydrogens (primary N) is 1. The van der Waals surface area contributed by atoms with E-state index in [0.29, 0.717) is 25.4 Å². The zero-order valence-electron chi connectivity index (χ0n) is 10.1. The van der Waals surface area contributed by atoms with Crippen molar-refractivity contribution in [3.63, 3.8) is 0 Å². The van der Waals surface area contributed by atoms with Crippen molar-refractivity contribution in [1.82, 2.24) is 4.90 Å². The number of hydrogen-bond acceptors (Lipinski definition) is 4. The molecule has 0 spiro atoms. The van der Waals surface area contributed by atoms with Gasteiger partial charge in [-0.15, -0.1) is 0 Å². The summed E-state index contributed by atoms with van der Waals surface area (Å²) >= 11 is 0. The summed E-state index contributed by atoms with van der Waals surface area (Å²) in [6.07, 6.45) is 0.273. The highest BCUT2D eigenvalue weighted by Crippen LogP contribution is 2.10. The molecule has 6 heteroatoms. The molecule has 1 amide bonds. The second-order valence-electron chi connectivity index (χ2n) is 4.42. The minimum Gasteiger partial charge on any atom is -0.479 e. The lowest BCUT2D eigenvalue weighted by molar-refractivity contribution is -0.159. The summed E-state index contributed by atoms with van der Waals surface area (Å²) in [6.45, 7) is 3.46. The van der Waals surface area contributed by atoms with Crippen LogP contribution in [0.25, 0.3) is 0 Å². The number of nitrogens with zero attached hydrogens (tertiary/aromatic N) is 1. The Balaban J connectivity index is 2.38. The molecule has 0 aromatic rings. The van der Waals surface area contributed by atoms with Crippen molar-refractivity contribution >= 4 is 11.9 Å². The van der Waals surface area contributed by atoms with Gasteiger partial charge in [0.1, 0.15) is 0 Å². The molecule has 3 N–H and O–H groups in total. The van der Waals surface area contributed by atoms with E-state index in [1.54, 1.807) is 4.90 Å². The average Bonchev–Trinajstić information content (AvgIpc) is 2.35. The Morgan fingerprint density at radius 2 is 2.29 bits per heavy atom. The highest BCUT2D eigenvalue weighted by atomic mass is 16.5. The van der Waals surface area contributed by atoms with Gasteiger partial charge in [-0.25, -0.2) is 4.79 Å². The average molecular weight is 244 g/mol. The highest BCUT2D eigenvalue weighted by Gasteiger charge is 2.28. The Bertz CT molecular complexity index is 283. The molecule has 0 aliphatic carbocycles. The third-order valence-electron chi connectivity index (χ3n) is 2.95. The number of carboxylic acid groups (broad SMARTS) is 1. The molecule has 2 unspecified atom stereocenters. The van der Waals surface area contributed by atoms with Crippen molar-refractivity contribution in [2.24, 2.45) is 11.7 Å². The number of morpholine rings is 1. The van der Waals surface area contributed by atoms with Crippen LogP contribution in [0.5, 0.6) is 0 Å². The second-order valence-corrected chi connectivity index (χ2v) is 4.42. The van der Waals surface area contributed by atoms with Crippen LogP contribution in [0, 0.1) is 5.92 Å². The third-order valence-corrected chi connectivity index (χ3v) is 2.95. The second kappa shape index (κ2) is 6.56. The van der Waals surface area contributed by atoms with Gasteiger partial charge in [-0.3, -0.25) is 4.79 Å². The lowest BCUT2D eigenvalue weighted by atomic mass is 10.1. The lowest BCUT2D eigenvalue weighted by Gasteiger charge is -2.31. The number of hydrogen-bond donors (Lipinski definition) is 2. The van der Waals surface area contributed by atoms with Crippen LogP contribution < -0.4 is 5.73 Å². The molecule has 1 saturated heterocycles. The van der Waals surface area contributed by atoms with Gasteiger partial charge in [0, 0.05) is 13.0 Å². The first-order chi connectivity index (χ1) is 8.04. The van der Waals surface area contributed by atoms with E-state index in [1.165, 1.54) is 0 Å². The molecule has 0 aromatic carbocycles. The number of ether oxygens (including phenoxy) is 1. The highest BCUT2D eigenvalue weighted by molar-refractivity contribution is 5.78. The molecule has 0 radical (unpaired) electrons. The van der Waals surface area contributed by atoms with E-state index < -0.39 is 12.1 Å². The van der Waals surface area contributed by atoms with E-state index in [9.17, 15) is 9.59 Å². The number of aliphatic carboxylic acids is 1. The van der Waals surface area contributed by atoms with Gasteiger partial charge in [0.15, 0.2) is 6.10 Å². The van der Waals surface area contributed by atoms with Gasteiger partial charge in [-0.05, 0) is 18.9 Å². The van der Waals surface area contributed by atoms with Gasteiger partial charge in [-0.1, -0.05) is 6.92 Å². The number of carboxylic acids is 1. The first kappa shape index (κ1) is 13.9. The van der Waals surface area contributed by atoms with Crippen molar-refractivity contribution in [3.8, 4) is 0 Å². The fourth-order valence-corrected chi connectivity index (χ4v) is 1.67. The molecule has 0 saturated carbocycles. The molecule has 0 bridgehead atoms. The molecular formula is C11H20N2O4. The minimum absolute atomic E-state index is 0.0140. The number of carbonyl (C=O) groups is 2. The SMILES string of the molecule is CC(CN)CCC(=O)N1CCOC(C(=O)O)C1. The van der Waals surface area contributed by atoms with Gasteiger partial charge in [-0.2, -0.15) is 0 Å². The summed E-state index contributed by atoms with van der Waals surface area (Å²) < 4.78 is 5.05. The molecule has 1 rings (SSSR count). The largest absolute Gasteiger partial charge is 0.479 e. The van der Waals surface area contributed by atoms with Gasteiger partial charge < -0.3 is 20.5 Å². The monoisotopic (exact) mass is 244 g/mol. The van der Waals surface area contributed by atoms with Crippen LogP contribution in [0.15, 0.2) is 0 Å².